The number of carbonyl (C=O) groups excluding carboxylic acids is 1. The fourth-order valence-electron chi connectivity index (χ4n) is 3.28. The lowest BCUT2D eigenvalue weighted by Gasteiger charge is -2.31. The molecule has 1 aromatic heterocycles. The molecule has 0 radical (unpaired) electrons. The molecule has 0 saturated heterocycles. The molecule has 10 heteroatoms. The van der Waals surface area contributed by atoms with Gasteiger partial charge in [0.05, 0.1) is 31.2 Å². The Labute approximate surface area is 162 Å². The number of anilines is 2. The van der Waals surface area contributed by atoms with Crippen molar-refractivity contribution in [2.75, 3.05) is 45.3 Å². The molecule has 9 nitrogen and oxygen atoms in total. The van der Waals surface area contributed by atoms with Gasteiger partial charge in [-0.25, -0.2) is 18.1 Å². The van der Waals surface area contributed by atoms with Crippen LogP contribution in [0.1, 0.15) is 10.4 Å². The number of nitrogens with zero attached hydrogens (tertiary/aromatic N) is 3. The number of hydrogen-bond donors (Lipinski definition) is 1. The minimum Gasteiger partial charge on any atom is -0.490 e. The first-order chi connectivity index (χ1) is 13.4. The summed E-state index contributed by atoms with van der Waals surface area (Å²) in [5.74, 6) is 0.436. The molecule has 28 heavy (non-hydrogen) atoms. The topological polar surface area (TPSA) is 101 Å². The molecule has 148 valence electrons. The van der Waals surface area contributed by atoms with Crippen LogP contribution >= 0.6 is 0 Å². The number of aromatic nitrogens is 1. The average molecular weight is 404 g/mol. The molecule has 3 heterocycles. The van der Waals surface area contributed by atoms with E-state index >= 15 is 0 Å². The van der Waals surface area contributed by atoms with Crippen LogP contribution in [-0.4, -0.2) is 64.6 Å². The SMILES string of the molecule is COc1ncc2cc1S(=O)(=O)NCCN(C)C(=O)c1ccc3c(c1)N2CCO3. The van der Waals surface area contributed by atoms with Crippen molar-refractivity contribution in [1.82, 2.24) is 14.6 Å². The van der Waals surface area contributed by atoms with E-state index in [1.807, 2.05) is 4.90 Å². The Bertz CT molecular complexity index is 1040. The van der Waals surface area contributed by atoms with E-state index in [-0.39, 0.29) is 29.8 Å². The molecule has 2 aliphatic heterocycles. The molecule has 0 spiro atoms. The molecule has 4 rings (SSSR count). The molecule has 0 saturated carbocycles. The van der Waals surface area contributed by atoms with Gasteiger partial charge in [0, 0.05) is 25.7 Å². The first-order valence-corrected chi connectivity index (χ1v) is 10.2. The first-order valence-electron chi connectivity index (χ1n) is 8.74. The zero-order valence-electron chi connectivity index (χ0n) is 15.5. The molecule has 2 aliphatic rings. The fraction of sp³-hybridized carbons (Fsp3) is 0.333. The smallest absolute Gasteiger partial charge is 0.253 e. The highest BCUT2D eigenvalue weighted by Crippen LogP contribution is 2.39. The summed E-state index contributed by atoms with van der Waals surface area (Å²) in [5.41, 5.74) is 1.76. The molecule has 0 unspecified atom stereocenters. The van der Waals surface area contributed by atoms with Gasteiger partial charge in [-0.15, -0.1) is 0 Å². The maximum absolute atomic E-state index is 12.8. The Morgan fingerprint density at radius 3 is 2.86 bits per heavy atom. The third kappa shape index (κ3) is 3.14. The van der Waals surface area contributed by atoms with Crippen LogP contribution in [0.3, 0.4) is 0 Å². The van der Waals surface area contributed by atoms with Crippen LogP contribution in [0.25, 0.3) is 0 Å². The molecule has 0 fully saturated rings. The van der Waals surface area contributed by atoms with Gasteiger partial charge in [0.25, 0.3) is 5.91 Å². The van der Waals surface area contributed by atoms with Crippen LogP contribution in [0.5, 0.6) is 11.6 Å². The number of sulfonamides is 1. The van der Waals surface area contributed by atoms with E-state index in [2.05, 4.69) is 9.71 Å². The second-order valence-electron chi connectivity index (χ2n) is 6.51. The van der Waals surface area contributed by atoms with Crippen LogP contribution in [0.4, 0.5) is 11.4 Å². The van der Waals surface area contributed by atoms with Gasteiger partial charge in [-0.3, -0.25) is 4.79 Å². The monoisotopic (exact) mass is 404 g/mol. The third-order valence-corrected chi connectivity index (χ3v) is 6.21. The first kappa shape index (κ1) is 18.5. The highest BCUT2D eigenvalue weighted by molar-refractivity contribution is 7.89. The summed E-state index contributed by atoms with van der Waals surface area (Å²) in [6, 6.07) is 6.76. The zero-order valence-corrected chi connectivity index (χ0v) is 16.3. The average Bonchev–Trinajstić information content (AvgIpc) is 2.71. The van der Waals surface area contributed by atoms with Crippen molar-refractivity contribution < 1.29 is 22.7 Å². The van der Waals surface area contributed by atoms with E-state index in [0.29, 0.717) is 35.8 Å². The summed E-state index contributed by atoms with van der Waals surface area (Å²) in [7, 11) is -0.872. The fourth-order valence-corrected chi connectivity index (χ4v) is 4.44. The van der Waals surface area contributed by atoms with Crippen molar-refractivity contribution >= 4 is 27.3 Å². The Hall–Kier alpha value is -2.85. The Kier molecular flexibility index (Phi) is 4.60. The Morgan fingerprint density at radius 2 is 2.07 bits per heavy atom. The van der Waals surface area contributed by atoms with Gasteiger partial charge >= 0.3 is 0 Å². The summed E-state index contributed by atoms with van der Waals surface area (Å²) in [6.45, 7) is 1.19. The molecule has 4 bridgehead atoms. The predicted molar refractivity (Wildman–Crippen MR) is 102 cm³/mol. The van der Waals surface area contributed by atoms with Crippen molar-refractivity contribution in [3.05, 3.63) is 36.0 Å². The van der Waals surface area contributed by atoms with Crippen LogP contribution in [0.2, 0.25) is 0 Å². The van der Waals surface area contributed by atoms with Crippen molar-refractivity contribution in [1.29, 1.82) is 0 Å². The maximum atomic E-state index is 12.8. The lowest BCUT2D eigenvalue weighted by molar-refractivity contribution is 0.0797. The Morgan fingerprint density at radius 1 is 1.25 bits per heavy atom. The molecule has 1 amide bonds. The maximum Gasteiger partial charge on any atom is 0.253 e. The van der Waals surface area contributed by atoms with E-state index in [0.717, 1.165) is 0 Å². The highest BCUT2D eigenvalue weighted by atomic mass is 32.2. The normalized spacial score (nSPS) is 18.4. The zero-order chi connectivity index (χ0) is 19.9. The van der Waals surface area contributed by atoms with E-state index in [1.165, 1.54) is 18.1 Å². The molecule has 0 aliphatic carbocycles. The number of methoxy groups -OCH3 is 1. The summed E-state index contributed by atoms with van der Waals surface area (Å²) >= 11 is 0. The van der Waals surface area contributed by atoms with Crippen molar-refractivity contribution in [3.8, 4) is 11.6 Å². The van der Waals surface area contributed by atoms with Crippen LogP contribution in [0, 0.1) is 0 Å². The van der Waals surface area contributed by atoms with Gasteiger partial charge in [-0.2, -0.15) is 0 Å². The number of hydrogen-bond acceptors (Lipinski definition) is 7. The lowest BCUT2D eigenvalue weighted by Crippen LogP contribution is -2.36. The largest absolute Gasteiger partial charge is 0.490 e. The third-order valence-electron chi connectivity index (χ3n) is 4.75. The molecular formula is C18H20N4O5S. The number of benzene rings is 1. The number of likely N-dealkylation sites (N-methyl/N-ethyl adjacent to an activating group) is 1. The van der Waals surface area contributed by atoms with Crippen molar-refractivity contribution in [2.45, 2.75) is 4.90 Å². The minimum absolute atomic E-state index is 0.0118. The standard InChI is InChI=1S/C18H20N4O5S/c1-21-6-5-20-28(24,25)16-10-13(11-19-17(16)26-2)22-7-8-27-15-4-3-12(18(21)23)9-14(15)22/h3-4,9-11,20H,5-8H2,1-2H3. The van der Waals surface area contributed by atoms with Crippen molar-refractivity contribution in [3.63, 3.8) is 0 Å². The van der Waals surface area contributed by atoms with Gasteiger partial charge < -0.3 is 19.3 Å². The molecule has 1 N–H and O–H groups in total. The highest BCUT2D eigenvalue weighted by Gasteiger charge is 2.27. The second kappa shape index (κ2) is 6.95. The van der Waals surface area contributed by atoms with Crippen LogP contribution < -0.4 is 19.1 Å². The number of rotatable bonds is 1. The Balaban J connectivity index is 1.93. The number of pyridine rings is 1. The molecular weight excluding hydrogens is 384 g/mol. The van der Waals surface area contributed by atoms with E-state index in [4.69, 9.17) is 9.47 Å². The summed E-state index contributed by atoms with van der Waals surface area (Å²) in [5, 5.41) is 0. The van der Waals surface area contributed by atoms with Gasteiger partial charge in [0.2, 0.25) is 15.9 Å². The van der Waals surface area contributed by atoms with Gasteiger partial charge in [0.1, 0.15) is 17.3 Å². The predicted octanol–water partition coefficient (Wildman–Crippen LogP) is 0.985. The quantitative estimate of drug-likeness (QED) is 0.756. The van der Waals surface area contributed by atoms with Gasteiger partial charge in [-0.05, 0) is 24.3 Å². The van der Waals surface area contributed by atoms with Crippen molar-refractivity contribution in [2.24, 2.45) is 0 Å². The minimum atomic E-state index is -3.88. The number of nitrogens with one attached hydrogen (secondary N) is 1. The second-order valence-corrected chi connectivity index (χ2v) is 8.24. The van der Waals surface area contributed by atoms with E-state index < -0.39 is 10.0 Å². The molecule has 2 aromatic rings. The van der Waals surface area contributed by atoms with Gasteiger partial charge in [0.15, 0.2) is 0 Å². The van der Waals surface area contributed by atoms with Crippen LogP contribution in [0.15, 0.2) is 35.4 Å². The van der Waals surface area contributed by atoms with E-state index in [1.54, 1.807) is 31.4 Å². The van der Waals surface area contributed by atoms with Crippen LogP contribution in [-0.2, 0) is 10.0 Å². The lowest BCUT2D eigenvalue weighted by atomic mass is 10.1. The number of amides is 1. The summed E-state index contributed by atoms with van der Waals surface area (Å²) in [4.78, 5) is 20.2. The number of ether oxygens (including phenoxy) is 2. The summed E-state index contributed by atoms with van der Waals surface area (Å²) in [6.07, 6.45) is 1.55. The number of fused-ring (bicyclic) bond motifs is 4. The van der Waals surface area contributed by atoms with E-state index in [9.17, 15) is 13.2 Å². The number of carbonyl (C=O) groups is 1. The summed E-state index contributed by atoms with van der Waals surface area (Å²) < 4.78 is 39.0. The molecule has 0 atom stereocenters. The molecule has 1 aromatic carbocycles. The van der Waals surface area contributed by atoms with Gasteiger partial charge in [-0.1, -0.05) is 0 Å².